The van der Waals surface area contributed by atoms with E-state index >= 15 is 0 Å². The topological polar surface area (TPSA) is 97.4 Å². The van der Waals surface area contributed by atoms with E-state index < -0.39 is 0 Å². The van der Waals surface area contributed by atoms with Crippen LogP contribution in [0.3, 0.4) is 0 Å². The van der Waals surface area contributed by atoms with Crippen molar-refractivity contribution in [3.05, 3.63) is 22.5 Å². The molecule has 1 aliphatic carbocycles. The van der Waals surface area contributed by atoms with E-state index in [0.717, 1.165) is 60.9 Å². The molecule has 9 heteroatoms. The third-order valence-corrected chi connectivity index (χ3v) is 7.69. The molecule has 2 aromatic rings. The fourth-order valence-electron chi connectivity index (χ4n) is 5.42. The average Bonchev–Trinajstić information content (AvgIpc) is 3.49. The highest BCUT2D eigenvalue weighted by Crippen LogP contribution is 2.37. The predicted molar refractivity (Wildman–Crippen MR) is 116 cm³/mol. The summed E-state index contributed by atoms with van der Waals surface area (Å²) >= 11 is 3.62. The Balaban J connectivity index is 1.19. The molecule has 0 radical (unpaired) electrons. The number of furan rings is 1. The number of hydrogen-bond donors (Lipinski definition) is 2. The number of fused-ring (bicyclic) bond motifs is 3. The third kappa shape index (κ3) is 3.32. The number of pyridine rings is 1. The van der Waals surface area contributed by atoms with Crippen molar-refractivity contribution in [2.45, 2.75) is 56.3 Å². The predicted octanol–water partition coefficient (Wildman–Crippen LogP) is 3.28. The van der Waals surface area contributed by atoms with Crippen LogP contribution in [0.2, 0.25) is 0 Å². The molecule has 2 amide bonds. The minimum atomic E-state index is 0.0598. The van der Waals surface area contributed by atoms with Gasteiger partial charge in [-0.25, -0.2) is 9.78 Å². The second-order valence-corrected chi connectivity index (χ2v) is 9.31. The minimum Gasteiger partial charge on any atom is -0.444 e. The number of urea groups is 1. The highest BCUT2D eigenvalue weighted by Gasteiger charge is 2.47. The van der Waals surface area contributed by atoms with Gasteiger partial charge in [-0.3, -0.25) is 4.90 Å². The zero-order valence-corrected chi connectivity index (χ0v) is 18.5. The Morgan fingerprint density at radius 3 is 2.73 bits per heavy atom. The molecule has 4 heterocycles. The average molecular weight is 473 g/mol. The zero-order valence-electron chi connectivity index (χ0n) is 16.9. The molecule has 0 spiro atoms. The Morgan fingerprint density at radius 2 is 2.07 bits per heavy atom. The number of carbonyl (C=O) groups excluding carboxylic acids is 1. The lowest BCUT2D eigenvalue weighted by Gasteiger charge is -2.41. The smallest absolute Gasteiger partial charge is 0.317 e. The molecule has 2 aliphatic heterocycles. The van der Waals surface area contributed by atoms with Gasteiger partial charge in [0.05, 0.1) is 10.7 Å². The van der Waals surface area contributed by atoms with Crippen LogP contribution in [0.25, 0.3) is 11.0 Å². The Morgan fingerprint density at radius 1 is 1.27 bits per heavy atom. The Labute approximate surface area is 183 Å². The van der Waals surface area contributed by atoms with Crippen LogP contribution in [0.5, 0.6) is 0 Å². The molecule has 0 aromatic carbocycles. The number of likely N-dealkylation sites (tertiary alicyclic amines) is 2. The first kappa shape index (κ1) is 19.6. The highest BCUT2D eigenvalue weighted by molar-refractivity contribution is 9.10. The molecule has 1 saturated carbocycles. The summed E-state index contributed by atoms with van der Waals surface area (Å²) in [6, 6.07) is 5.70. The van der Waals surface area contributed by atoms with Crippen molar-refractivity contribution in [1.29, 1.82) is 5.26 Å². The quantitative estimate of drug-likeness (QED) is 0.710. The summed E-state index contributed by atoms with van der Waals surface area (Å²) in [5, 5.41) is 16.3. The SMILES string of the molecule is CNC(=O)N1C[C@@H]2C[C@H]1CN2C1CCC(Nc2ncc3oc(C#N)cc3c2Br)CC1. The molecular formula is C21H25BrN6O2. The van der Waals surface area contributed by atoms with E-state index in [0.29, 0.717) is 35.5 Å². The van der Waals surface area contributed by atoms with Gasteiger partial charge in [0, 0.05) is 55.8 Å². The van der Waals surface area contributed by atoms with Crippen LogP contribution in [0.4, 0.5) is 10.6 Å². The first-order valence-electron chi connectivity index (χ1n) is 10.6. The monoisotopic (exact) mass is 472 g/mol. The molecule has 2 saturated heterocycles. The molecule has 0 unspecified atom stereocenters. The van der Waals surface area contributed by atoms with Crippen LogP contribution >= 0.6 is 15.9 Å². The van der Waals surface area contributed by atoms with Crippen LogP contribution < -0.4 is 10.6 Å². The van der Waals surface area contributed by atoms with Crippen molar-refractivity contribution < 1.29 is 9.21 Å². The van der Waals surface area contributed by atoms with Crippen LogP contribution in [-0.2, 0) is 0 Å². The first-order valence-corrected chi connectivity index (χ1v) is 11.4. The standard InChI is InChI=1S/C21H25BrN6O2/c1-24-21(29)28-11-14-6-15(28)10-27(14)13-4-2-12(3-5-13)26-20-19(22)17-7-16(8-23)30-18(17)9-25-20/h7,9,12-15H,2-6,10-11H2,1H3,(H,24,29)(H,25,26)/t12?,13?,14-,15-/m0/s1. The fourth-order valence-corrected chi connectivity index (χ4v) is 5.94. The maximum absolute atomic E-state index is 12.0. The summed E-state index contributed by atoms with van der Waals surface area (Å²) < 4.78 is 6.30. The van der Waals surface area contributed by atoms with Gasteiger partial charge < -0.3 is 20.0 Å². The summed E-state index contributed by atoms with van der Waals surface area (Å²) in [7, 11) is 1.71. The number of nitrogens with zero attached hydrogens (tertiary/aromatic N) is 4. The van der Waals surface area contributed by atoms with Gasteiger partial charge in [0.15, 0.2) is 5.58 Å². The number of amides is 2. The lowest BCUT2D eigenvalue weighted by molar-refractivity contribution is 0.0847. The van der Waals surface area contributed by atoms with E-state index in [9.17, 15) is 4.79 Å². The lowest BCUT2D eigenvalue weighted by atomic mass is 9.89. The van der Waals surface area contributed by atoms with Crippen molar-refractivity contribution in [1.82, 2.24) is 20.1 Å². The van der Waals surface area contributed by atoms with E-state index in [1.165, 1.54) is 0 Å². The molecular weight excluding hydrogens is 448 g/mol. The Kier molecular flexibility index (Phi) is 5.07. The van der Waals surface area contributed by atoms with Crippen LogP contribution in [0.1, 0.15) is 37.9 Å². The van der Waals surface area contributed by atoms with Crippen molar-refractivity contribution in [3.8, 4) is 6.07 Å². The lowest BCUT2D eigenvalue weighted by Crippen LogP contribution is -2.54. The van der Waals surface area contributed by atoms with Crippen molar-refractivity contribution >= 4 is 38.7 Å². The summed E-state index contributed by atoms with van der Waals surface area (Å²) in [5.74, 6) is 1.10. The molecule has 3 fully saturated rings. The summed E-state index contributed by atoms with van der Waals surface area (Å²) in [6.07, 6.45) is 7.29. The minimum absolute atomic E-state index is 0.0598. The first-order chi connectivity index (χ1) is 14.6. The van der Waals surface area contributed by atoms with Gasteiger partial charge in [-0.2, -0.15) is 5.26 Å². The number of nitrogens with one attached hydrogen (secondary N) is 2. The number of nitriles is 1. The molecule has 30 heavy (non-hydrogen) atoms. The molecule has 2 bridgehead atoms. The third-order valence-electron chi connectivity index (χ3n) is 6.89. The van der Waals surface area contributed by atoms with Crippen LogP contribution in [-0.4, -0.2) is 65.1 Å². The number of piperazine rings is 1. The fraction of sp³-hybridized carbons (Fsp3) is 0.571. The molecule has 2 atom stereocenters. The van der Waals surface area contributed by atoms with Gasteiger partial charge >= 0.3 is 6.03 Å². The Hall–Kier alpha value is -2.31. The van der Waals surface area contributed by atoms with E-state index in [-0.39, 0.29) is 6.03 Å². The summed E-state index contributed by atoms with van der Waals surface area (Å²) in [4.78, 5) is 21.1. The van der Waals surface area contributed by atoms with Gasteiger partial charge in [0.1, 0.15) is 11.9 Å². The number of halogens is 1. The zero-order chi connectivity index (χ0) is 20.8. The van der Waals surface area contributed by atoms with Gasteiger partial charge in [-0.1, -0.05) is 0 Å². The Bertz CT molecular complexity index is 1010. The van der Waals surface area contributed by atoms with Crippen LogP contribution in [0, 0.1) is 11.3 Å². The second-order valence-electron chi connectivity index (χ2n) is 8.52. The maximum Gasteiger partial charge on any atom is 0.317 e. The molecule has 8 nitrogen and oxygen atoms in total. The number of anilines is 1. The number of rotatable bonds is 3. The second kappa shape index (κ2) is 7.75. The summed E-state index contributed by atoms with van der Waals surface area (Å²) in [5.41, 5.74) is 0.613. The molecule has 158 valence electrons. The number of hydrogen-bond acceptors (Lipinski definition) is 6. The number of aromatic nitrogens is 1. The molecule has 2 N–H and O–H groups in total. The van der Waals surface area contributed by atoms with E-state index in [2.05, 4.69) is 36.4 Å². The summed E-state index contributed by atoms with van der Waals surface area (Å²) in [6.45, 7) is 1.86. The van der Waals surface area contributed by atoms with Gasteiger partial charge in [0.25, 0.3) is 0 Å². The van der Waals surface area contributed by atoms with E-state index in [1.54, 1.807) is 19.3 Å². The molecule has 5 rings (SSSR count). The van der Waals surface area contributed by atoms with Gasteiger partial charge in [-0.15, -0.1) is 0 Å². The van der Waals surface area contributed by atoms with Crippen LogP contribution in [0.15, 0.2) is 21.2 Å². The van der Waals surface area contributed by atoms with Gasteiger partial charge in [-0.05, 0) is 48.0 Å². The van der Waals surface area contributed by atoms with E-state index in [1.807, 2.05) is 11.0 Å². The maximum atomic E-state index is 12.0. The molecule has 3 aliphatic rings. The van der Waals surface area contributed by atoms with Crippen molar-refractivity contribution in [2.24, 2.45) is 0 Å². The van der Waals surface area contributed by atoms with Gasteiger partial charge in [0.2, 0.25) is 5.76 Å². The largest absolute Gasteiger partial charge is 0.444 e. The van der Waals surface area contributed by atoms with Crippen molar-refractivity contribution in [3.63, 3.8) is 0 Å². The van der Waals surface area contributed by atoms with E-state index in [4.69, 9.17) is 9.68 Å². The van der Waals surface area contributed by atoms with Crippen molar-refractivity contribution in [2.75, 3.05) is 25.5 Å². The normalized spacial score (nSPS) is 28.6. The highest BCUT2D eigenvalue weighted by atomic mass is 79.9. The molecule has 2 aromatic heterocycles. The number of carbonyl (C=O) groups is 1.